The zero-order valence-corrected chi connectivity index (χ0v) is 10.5. The summed E-state index contributed by atoms with van der Waals surface area (Å²) >= 11 is 0. The van der Waals surface area contributed by atoms with Crippen molar-refractivity contribution in [1.29, 1.82) is 0 Å². The third-order valence-corrected chi connectivity index (χ3v) is 2.11. The Morgan fingerprint density at radius 2 is 1.47 bits per heavy atom. The van der Waals surface area contributed by atoms with E-state index in [1.54, 1.807) is 45.5 Å². The number of nitrogens with zero attached hydrogens (tertiary/aromatic N) is 4. The molecule has 2 rings (SSSR count). The molecule has 0 radical (unpaired) electrons. The third-order valence-electron chi connectivity index (χ3n) is 2.11. The van der Waals surface area contributed by atoms with Crippen LogP contribution in [0.3, 0.4) is 0 Å². The summed E-state index contributed by atoms with van der Waals surface area (Å²) in [4.78, 5) is 28.4. The van der Waals surface area contributed by atoms with Gasteiger partial charge in [0.25, 0.3) is 0 Å². The number of rotatable bonds is 0. The highest BCUT2D eigenvalue weighted by atomic mass is 16.1. The monoisotopic (exact) mass is 265 g/mol. The zero-order valence-electron chi connectivity index (χ0n) is 10.5. The predicted molar refractivity (Wildman–Crippen MR) is 74.8 cm³/mol. The smallest absolute Gasteiger partial charge is 0.349 e. The van der Waals surface area contributed by atoms with Crippen LogP contribution in [-0.4, -0.2) is 19.1 Å². The first-order valence-electron chi connectivity index (χ1n) is 5.19. The molecule has 0 saturated carbocycles. The first kappa shape index (κ1) is 16.6. The lowest BCUT2D eigenvalue weighted by Crippen LogP contribution is -2.19. The number of aromatic nitrogens is 4. The van der Waals surface area contributed by atoms with Crippen molar-refractivity contribution < 1.29 is 0 Å². The molecule has 0 bridgehead atoms. The summed E-state index contributed by atoms with van der Waals surface area (Å²) in [5.41, 5.74) is 5.44. The molecule has 0 spiro atoms. The summed E-state index contributed by atoms with van der Waals surface area (Å²) in [7, 11) is 3.30. The van der Waals surface area contributed by atoms with Crippen LogP contribution in [0.1, 0.15) is 13.1 Å². The maximum absolute atomic E-state index is 10.7. The number of nitrogens with two attached hydrogens (primary N) is 1. The van der Waals surface area contributed by atoms with Crippen molar-refractivity contribution in [2.75, 3.05) is 5.73 Å². The number of hydrogen-bond acceptors (Lipinski definition) is 5. The molecule has 0 atom stereocenters. The van der Waals surface area contributed by atoms with Crippen molar-refractivity contribution in [3.05, 3.63) is 51.2 Å². The second kappa shape index (κ2) is 7.10. The van der Waals surface area contributed by atoms with E-state index in [0.29, 0.717) is 0 Å². The van der Waals surface area contributed by atoms with Crippen molar-refractivity contribution in [2.45, 2.75) is 14.4 Å². The van der Waals surface area contributed by atoms with Gasteiger partial charge in [-0.2, -0.15) is 9.97 Å². The van der Waals surface area contributed by atoms with Crippen LogP contribution >= 0.6 is 0 Å². The Morgan fingerprint density at radius 3 is 1.84 bits per heavy atom. The molecule has 0 fully saturated rings. The lowest BCUT2D eigenvalue weighted by atomic mass is 10.5. The van der Waals surface area contributed by atoms with Crippen LogP contribution in [0.2, 0.25) is 0 Å². The third kappa shape index (κ3) is 5.15. The molecule has 0 aromatic carbocycles. The van der Waals surface area contributed by atoms with Crippen LogP contribution in [0.5, 0.6) is 0 Å². The average Bonchev–Trinajstić information content (AvgIpc) is 2.30. The van der Waals surface area contributed by atoms with Crippen LogP contribution in [0.25, 0.3) is 0 Å². The van der Waals surface area contributed by atoms with Crippen molar-refractivity contribution in [2.24, 2.45) is 14.1 Å². The molecule has 0 amide bonds. The molecule has 2 aromatic rings. The summed E-state index contributed by atoms with van der Waals surface area (Å²) in [6, 6.07) is 3.36. The quantitative estimate of drug-likeness (QED) is 0.728. The molecular weight excluding hydrogens is 246 g/mol. The summed E-state index contributed by atoms with van der Waals surface area (Å²) in [6.45, 7) is 1.79. The summed E-state index contributed by atoms with van der Waals surface area (Å²) in [5.74, 6) is 0.262. The molecule has 104 valence electrons. The second-order valence-corrected chi connectivity index (χ2v) is 3.71. The highest BCUT2D eigenvalue weighted by molar-refractivity contribution is 5.23. The molecule has 0 saturated heterocycles. The van der Waals surface area contributed by atoms with E-state index in [2.05, 4.69) is 9.97 Å². The fraction of sp³-hybridized carbons (Fsp3) is 0.333. The first-order valence-corrected chi connectivity index (χ1v) is 5.19. The van der Waals surface area contributed by atoms with Crippen molar-refractivity contribution in [3.8, 4) is 0 Å². The lowest BCUT2D eigenvalue weighted by Gasteiger charge is -1.92. The lowest BCUT2D eigenvalue weighted by molar-refractivity contribution is 0.799. The van der Waals surface area contributed by atoms with Crippen LogP contribution in [0, 0.1) is 6.92 Å². The molecule has 2 heterocycles. The van der Waals surface area contributed by atoms with Crippen LogP contribution in [0.15, 0.2) is 34.1 Å². The van der Waals surface area contributed by atoms with E-state index < -0.39 is 0 Å². The van der Waals surface area contributed by atoms with E-state index in [1.165, 1.54) is 9.13 Å². The van der Waals surface area contributed by atoms with Gasteiger partial charge in [0.1, 0.15) is 5.82 Å². The van der Waals surface area contributed by atoms with Gasteiger partial charge in [-0.05, 0) is 19.1 Å². The highest BCUT2D eigenvalue weighted by Crippen LogP contribution is 1.85. The molecule has 0 aliphatic carbocycles. The summed E-state index contributed by atoms with van der Waals surface area (Å²) in [6.07, 6.45) is 3.27. The van der Waals surface area contributed by atoms with Gasteiger partial charge < -0.3 is 14.9 Å². The molecular formula is C12H19N5O2. The largest absolute Gasteiger partial charge is 0.383 e. The Kier molecular flexibility index (Phi) is 6.19. The molecule has 2 N–H and O–H groups in total. The summed E-state index contributed by atoms with van der Waals surface area (Å²) < 4.78 is 2.80. The second-order valence-electron chi connectivity index (χ2n) is 3.71. The van der Waals surface area contributed by atoms with Gasteiger partial charge in [0.2, 0.25) is 0 Å². The van der Waals surface area contributed by atoms with Crippen molar-refractivity contribution in [1.82, 2.24) is 19.1 Å². The van der Waals surface area contributed by atoms with Gasteiger partial charge in [-0.3, -0.25) is 0 Å². The Hall–Kier alpha value is -2.44. The van der Waals surface area contributed by atoms with E-state index in [1.807, 2.05) is 0 Å². The Morgan fingerprint density at radius 1 is 1.00 bits per heavy atom. The Bertz CT molecular complexity index is 588. The van der Waals surface area contributed by atoms with Gasteiger partial charge in [0, 0.05) is 32.2 Å². The van der Waals surface area contributed by atoms with E-state index in [0.717, 1.165) is 5.69 Å². The van der Waals surface area contributed by atoms with Gasteiger partial charge in [-0.1, -0.05) is 7.43 Å². The first-order chi connectivity index (χ1) is 8.40. The molecule has 19 heavy (non-hydrogen) atoms. The van der Waals surface area contributed by atoms with Crippen molar-refractivity contribution in [3.63, 3.8) is 0 Å². The number of nitrogen functional groups attached to an aromatic ring is 1. The minimum absolute atomic E-state index is 0. The number of anilines is 1. The summed E-state index contributed by atoms with van der Waals surface area (Å²) in [5, 5.41) is 0. The fourth-order valence-corrected chi connectivity index (χ4v) is 1.03. The van der Waals surface area contributed by atoms with Crippen molar-refractivity contribution >= 4 is 5.82 Å². The van der Waals surface area contributed by atoms with Crippen LogP contribution in [0.4, 0.5) is 5.82 Å². The van der Waals surface area contributed by atoms with E-state index in [-0.39, 0.29) is 24.6 Å². The molecule has 0 aliphatic rings. The molecule has 0 unspecified atom stereocenters. The predicted octanol–water partition coefficient (Wildman–Crippen LogP) is 0.0873. The molecule has 0 aliphatic heterocycles. The fourth-order valence-electron chi connectivity index (χ4n) is 1.03. The average molecular weight is 265 g/mol. The van der Waals surface area contributed by atoms with Gasteiger partial charge in [0.15, 0.2) is 0 Å². The maximum Gasteiger partial charge on any atom is 0.349 e. The van der Waals surface area contributed by atoms with Gasteiger partial charge in [0.05, 0.1) is 0 Å². The topological polar surface area (TPSA) is 95.8 Å². The SMILES string of the molecule is C.Cc1ccn(C)c(=O)n1.Cn1ccc(N)nc1=O. The van der Waals surface area contributed by atoms with Crippen LogP contribution < -0.4 is 17.1 Å². The molecule has 2 aromatic heterocycles. The number of hydrogen-bond donors (Lipinski definition) is 1. The van der Waals surface area contributed by atoms with E-state index in [9.17, 15) is 9.59 Å². The highest BCUT2D eigenvalue weighted by Gasteiger charge is 1.89. The van der Waals surface area contributed by atoms with Gasteiger partial charge in [-0.15, -0.1) is 0 Å². The normalized spacial score (nSPS) is 9.00. The number of aryl methyl sites for hydroxylation is 3. The van der Waals surface area contributed by atoms with E-state index in [4.69, 9.17) is 5.73 Å². The van der Waals surface area contributed by atoms with Gasteiger partial charge in [-0.25, -0.2) is 9.59 Å². The van der Waals surface area contributed by atoms with E-state index >= 15 is 0 Å². The minimum atomic E-state index is -0.324. The Balaban J connectivity index is 0.000000324. The standard InChI is InChI=1S/C6H8N2O.C5H7N3O.CH4/c1-5-3-4-8(2)6(9)7-5;1-8-3-2-4(6)7-5(8)9;/h3-4H,1-2H3;2-3H,1H3,(H2,6,7,9);1H4. The maximum atomic E-state index is 10.7. The molecule has 7 heteroatoms. The van der Waals surface area contributed by atoms with Crippen LogP contribution in [-0.2, 0) is 14.1 Å². The zero-order chi connectivity index (χ0) is 13.7. The van der Waals surface area contributed by atoms with Gasteiger partial charge >= 0.3 is 11.4 Å². The molecule has 7 nitrogen and oxygen atoms in total. The minimum Gasteiger partial charge on any atom is -0.383 e. The Labute approximate surface area is 111 Å².